The first kappa shape index (κ1) is 21.3. The van der Waals surface area contributed by atoms with E-state index in [4.69, 9.17) is 4.74 Å². The molecule has 2 N–H and O–H groups in total. The molecule has 1 aromatic heterocycles. The average Bonchev–Trinajstić information content (AvgIpc) is 3.12. The minimum Gasteiger partial charge on any atom is -0.497 e. The Hall–Kier alpha value is -2.98. The number of aromatic nitrogens is 3. The van der Waals surface area contributed by atoms with E-state index in [9.17, 15) is 9.59 Å². The molecular formula is C21H21N5O3S2. The van der Waals surface area contributed by atoms with Crippen LogP contribution in [0.5, 0.6) is 5.75 Å². The lowest BCUT2D eigenvalue weighted by molar-refractivity contribution is -0.116. The number of para-hydroxylation sites is 1. The number of amides is 2. The van der Waals surface area contributed by atoms with Crippen molar-refractivity contribution in [2.75, 3.05) is 23.5 Å². The second-order valence-corrected chi connectivity index (χ2v) is 9.01. The first-order valence-corrected chi connectivity index (χ1v) is 11.4. The highest BCUT2D eigenvalue weighted by Gasteiger charge is 2.28. The van der Waals surface area contributed by atoms with Crippen LogP contribution in [0.15, 0.2) is 58.6 Å². The van der Waals surface area contributed by atoms with Crippen LogP contribution in [-0.2, 0) is 23.1 Å². The van der Waals surface area contributed by atoms with Gasteiger partial charge < -0.3 is 19.9 Å². The maximum absolute atomic E-state index is 12.5. The Kier molecular flexibility index (Phi) is 6.47. The van der Waals surface area contributed by atoms with Gasteiger partial charge in [0.15, 0.2) is 5.16 Å². The number of fused-ring (bicyclic) bond motifs is 1. The van der Waals surface area contributed by atoms with Crippen molar-refractivity contribution in [2.45, 2.75) is 21.7 Å². The van der Waals surface area contributed by atoms with Gasteiger partial charge in [-0.1, -0.05) is 23.9 Å². The lowest BCUT2D eigenvalue weighted by atomic mass is 10.2. The normalized spacial score (nSPS) is 15.2. The summed E-state index contributed by atoms with van der Waals surface area (Å²) >= 11 is 2.83. The largest absolute Gasteiger partial charge is 0.497 e. The molecule has 31 heavy (non-hydrogen) atoms. The Labute approximate surface area is 188 Å². The Bertz CT molecular complexity index is 1100. The minimum atomic E-state index is -0.283. The van der Waals surface area contributed by atoms with E-state index >= 15 is 0 Å². The monoisotopic (exact) mass is 455 g/mol. The molecule has 0 aliphatic carbocycles. The molecule has 0 unspecified atom stereocenters. The molecule has 3 aromatic rings. The molecule has 1 aliphatic heterocycles. The van der Waals surface area contributed by atoms with Crippen LogP contribution in [0.3, 0.4) is 0 Å². The van der Waals surface area contributed by atoms with Crippen LogP contribution in [0.2, 0.25) is 0 Å². The van der Waals surface area contributed by atoms with Crippen LogP contribution < -0.4 is 15.4 Å². The summed E-state index contributed by atoms with van der Waals surface area (Å²) < 4.78 is 6.95. The number of carbonyl (C=O) groups is 2. The number of thioether (sulfide) groups is 2. The number of nitrogens with zero attached hydrogens (tertiary/aromatic N) is 3. The molecule has 1 aliphatic rings. The van der Waals surface area contributed by atoms with Gasteiger partial charge >= 0.3 is 0 Å². The molecule has 2 amide bonds. The van der Waals surface area contributed by atoms with Gasteiger partial charge in [-0.25, -0.2) is 0 Å². The second kappa shape index (κ2) is 9.44. The van der Waals surface area contributed by atoms with E-state index in [2.05, 4.69) is 20.8 Å². The highest BCUT2D eigenvalue weighted by atomic mass is 32.2. The van der Waals surface area contributed by atoms with E-state index in [1.54, 1.807) is 31.4 Å². The number of rotatable bonds is 7. The number of hydrogen-bond donors (Lipinski definition) is 2. The van der Waals surface area contributed by atoms with E-state index in [-0.39, 0.29) is 22.8 Å². The van der Waals surface area contributed by atoms with Crippen molar-refractivity contribution in [1.82, 2.24) is 14.8 Å². The summed E-state index contributed by atoms with van der Waals surface area (Å²) in [6.45, 7) is 0. The predicted octanol–water partition coefficient (Wildman–Crippen LogP) is 3.21. The Balaban J connectivity index is 1.34. The maximum atomic E-state index is 12.5. The van der Waals surface area contributed by atoms with Gasteiger partial charge in [-0.2, -0.15) is 0 Å². The van der Waals surface area contributed by atoms with Crippen LogP contribution >= 0.6 is 23.5 Å². The number of anilines is 2. The summed E-state index contributed by atoms with van der Waals surface area (Å²) in [5.41, 5.74) is 1.54. The van der Waals surface area contributed by atoms with Gasteiger partial charge in [0.25, 0.3) is 0 Å². The standard InChI is InChI=1S/C21H21N5O3S2/c1-26-18(11-17-20(28)23-15-5-3-4-6-16(15)31-17)24-25-21(26)30-12-19(27)22-13-7-9-14(29-2)10-8-13/h3-10,17H,11-12H2,1-2H3,(H,22,27)(H,23,28)/t17-/m0/s1. The Morgan fingerprint density at radius 3 is 2.77 bits per heavy atom. The molecule has 8 nitrogen and oxygen atoms in total. The lowest BCUT2D eigenvalue weighted by Gasteiger charge is -2.23. The highest BCUT2D eigenvalue weighted by molar-refractivity contribution is 8.01. The Morgan fingerprint density at radius 1 is 1.23 bits per heavy atom. The van der Waals surface area contributed by atoms with Gasteiger partial charge in [-0.15, -0.1) is 22.0 Å². The van der Waals surface area contributed by atoms with Gasteiger partial charge in [0.1, 0.15) is 11.6 Å². The number of benzene rings is 2. The smallest absolute Gasteiger partial charge is 0.238 e. The van der Waals surface area contributed by atoms with Crippen molar-refractivity contribution < 1.29 is 14.3 Å². The third-order valence-electron chi connectivity index (χ3n) is 4.71. The molecule has 0 bridgehead atoms. The topological polar surface area (TPSA) is 98.1 Å². The summed E-state index contributed by atoms with van der Waals surface area (Å²) in [6, 6.07) is 14.9. The third kappa shape index (κ3) is 5.02. The zero-order chi connectivity index (χ0) is 21.8. The van der Waals surface area contributed by atoms with Crippen LogP contribution in [0.25, 0.3) is 0 Å². The molecule has 0 spiro atoms. The molecule has 0 fully saturated rings. The molecule has 4 rings (SSSR count). The van der Waals surface area contributed by atoms with Crippen LogP contribution in [0.4, 0.5) is 11.4 Å². The van der Waals surface area contributed by atoms with Crippen LogP contribution in [-0.4, -0.2) is 44.7 Å². The molecule has 2 heterocycles. The highest BCUT2D eigenvalue weighted by Crippen LogP contribution is 2.36. The van der Waals surface area contributed by atoms with Crippen LogP contribution in [0.1, 0.15) is 5.82 Å². The first-order chi connectivity index (χ1) is 15.0. The van der Waals surface area contributed by atoms with Gasteiger partial charge in [0.2, 0.25) is 11.8 Å². The van der Waals surface area contributed by atoms with E-state index in [1.165, 1.54) is 23.5 Å². The SMILES string of the molecule is COc1ccc(NC(=O)CSc2nnc(C[C@@H]3Sc4ccccc4NC3=O)n2C)cc1. The third-order valence-corrected chi connectivity index (χ3v) is 7.00. The summed E-state index contributed by atoms with van der Waals surface area (Å²) in [5.74, 6) is 1.44. The quantitative estimate of drug-likeness (QED) is 0.528. The van der Waals surface area contributed by atoms with Gasteiger partial charge in [0.05, 0.1) is 23.8 Å². The summed E-state index contributed by atoms with van der Waals surface area (Å²) in [5, 5.41) is 14.6. The van der Waals surface area contributed by atoms with Crippen molar-refractivity contribution in [3.05, 3.63) is 54.4 Å². The van der Waals surface area contributed by atoms with Crippen molar-refractivity contribution in [3.63, 3.8) is 0 Å². The molecule has 10 heteroatoms. The molecule has 0 saturated carbocycles. The first-order valence-electron chi connectivity index (χ1n) is 9.55. The molecule has 0 radical (unpaired) electrons. The molecule has 0 saturated heterocycles. The Morgan fingerprint density at radius 2 is 2.00 bits per heavy atom. The average molecular weight is 456 g/mol. The number of nitrogens with one attached hydrogen (secondary N) is 2. The predicted molar refractivity (Wildman–Crippen MR) is 122 cm³/mol. The van der Waals surface area contributed by atoms with E-state index in [1.807, 2.05) is 35.9 Å². The number of methoxy groups -OCH3 is 1. The fourth-order valence-corrected chi connectivity index (χ4v) is 4.88. The summed E-state index contributed by atoms with van der Waals surface area (Å²) in [6.07, 6.45) is 0.451. The second-order valence-electron chi connectivity index (χ2n) is 6.82. The maximum Gasteiger partial charge on any atom is 0.238 e. The van der Waals surface area contributed by atoms with Crippen LogP contribution in [0, 0.1) is 0 Å². The minimum absolute atomic E-state index is 0.0419. The van der Waals surface area contributed by atoms with Crippen molar-refractivity contribution in [3.8, 4) is 5.75 Å². The zero-order valence-corrected chi connectivity index (χ0v) is 18.6. The summed E-state index contributed by atoms with van der Waals surface area (Å²) in [4.78, 5) is 25.8. The van der Waals surface area contributed by atoms with E-state index in [0.717, 1.165) is 16.3 Å². The number of ether oxygens (including phenoxy) is 1. The van der Waals surface area contributed by atoms with Gasteiger partial charge in [0, 0.05) is 24.1 Å². The number of carbonyl (C=O) groups excluding carboxylic acids is 2. The lowest BCUT2D eigenvalue weighted by Crippen LogP contribution is -2.31. The molecule has 160 valence electrons. The van der Waals surface area contributed by atoms with Gasteiger partial charge in [-0.3, -0.25) is 9.59 Å². The molecule has 1 atom stereocenters. The number of hydrogen-bond acceptors (Lipinski definition) is 7. The molecular weight excluding hydrogens is 434 g/mol. The van der Waals surface area contributed by atoms with Crippen molar-refractivity contribution in [2.24, 2.45) is 7.05 Å². The van der Waals surface area contributed by atoms with Crippen molar-refractivity contribution in [1.29, 1.82) is 0 Å². The van der Waals surface area contributed by atoms with Crippen molar-refractivity contribution >= 4 is 46.7 Å². The molecule has 2 aromatic carbocycles. The fraction of sp³-hybridized carbons (Fsp3) is 0.238. The van der Waals surface area contributed by atoms with Gasteiger partial charge in [-0.05, 0) is 36.4 Å². The zero-order valence-electron chi connectivity index (χ0n) is 17.0. The fourth-order valence-electron chi connectivity index (χ4n) is 3.04. The summed E-state index contributed by atoms with van der Waals surface area (Å²) in [7, 11) is 3.44. The van der Waals surface area contributed by atoms with E-state index in [0.29, 0.717) is 23.1 Å². The van der Waals surface area contributed by atoms with E-state index < -0.39 is 0 Å².